The monoisotopic (exact) mass is 100 g/mol. The van der Waals surface area contributed by atoms with E-state index in [9.17, 15) is 0 Å². The van der Waals surface area contributed by atoms with Crippen LogP contribution in [0.2, 0.25) is 0 Å². The number of hydrogen-bond acceptors (Lipinski definition) is 2. The Morgan fingerprint density at radius 1 is 1.71 bits per heavy atom. The summed E-state index contributed by atoms with van der Waals surface area (Å²) >= 11 is 0. The Morgan fingerprint density at radius 2 is 2.43 bits per heavy atom. The maximum atomic E-state index is 8.71. The van der Waals surface area contributed by atoms with Crippen LogP contribution in [0.5, 0.6) is 0 Å². The van der Waals surface area contributed by atoms with Gasteiger partial charge in [-0.15, -0.1) is 0 Å². The lowest BCUT2D eigenvalue weighted by Crippen LogP contribution is -2.10. The highest BCUT2D eigenvalue weighted by Gasteiger charge is 2.14. The van der Waals surface area contributed by atoms with Gasteiger partial charge in [-0.05, 0) is 6.08 Å². The van der Waals surface area contributed by atoms with Crippen LogP contribution in [0.1, 0.15) is 6.92 Å². The second kappa shape index (κ2) is 1.54. The Morgan fingerprint density at radius 3 is 2.57 bits per heavy atom. The fraction of sp³-hybridized carbons (Fsp3) is 0.600. The molecule has 0 aromatic rings. The van der Waals surface area contributed by atoms with E-state index in [-0.39, 0.29) is 5.92 Å². The Labute approximate surface area is 42.4 Å². The first-order valence-corrected chi connectivity index (χ1v) is 2.31. The van der Waals surface area contributed by atoms with Gasteiger partial charge in [0.15, 0.2) is 0 Å². The maximum absolute atomic E-state index is 8.71. The van der Waals surface area contributed by atoms with E-state index in [1.807, 2.05) is 13.0 Å². The van der Waals surface area contributed by atoms with Crippen molar-refractivity contribution in [1.82, 2.24) is 0 Å². The summed E-state index contributed by atoms with van der Waals surface area (Å²) in [6, 6.07) is 0. The van der Waals surface area contributed by atoms with E-state index in [2.05, 4.69) is 4.74 Å². The molecule has 0 radical (unpaired) electrons. The van der Waals surface area contributed by atoms with Gasteiger partial charge in [-0.25, -0.2) is 0 Å². The summed E-state index contributed by atoms with van der Waals surface area (Å²) in [4.78, 5) is 0. The molecule has 0 spiro atoms. The average molecular weight is 100 g/mol. The first-order valence-electron chi connectivity index (χ1n) is 2.31. The van der Waals surface area contributed by atoms with Crippen molar-refractivity contribution in [3.63, 3.8) is 0 Å². The van der Waals surface area contributed by atoms with E-state index in [4.69, 9.17) is 5.11 Å². The van der Waals surface area contributed by atoms with E-state index in [1.54, 1.807) is 0 Å². The van der Waals surface area contributed by atoms with Crippen LogP contribution in [0.15, 0.2) is 12.3 Å². The van der Waals surface area contributed by atoms with Gasteiger partial charge in [0.1, 0.15) is 0 Å². The number of hydrogen-bond donors (Lipinski definition) is 1. The van der Waals surface area contributed by atoms with Crippen molar-refractivity contribution in [2.45, 2.75) is 13.2 Å². The highest BCUT2D eigenvalue weighted by atomic mass is 16.6. The molecule has 0 bridgehead atoms. The van der Waals surface area contributed by atoms with E-state index in [0.717, 1.165) is 0 Å². The predicted octanol–water partition coefficient (Wildman–Crippen LogP) is 0.485. The minimum atomic E-state index is -0.597. The molecular weight excluding hydrogens is 92.1 g/mol. The molecule has 0 aromatic carbocycles. The minimum Gasteiger partial charge on any atom is -0.472 e. The number of ether oxygens (including phenoxy) is 1. The lowest BCUT2D eigenvalue weighted by Gasteiger charge is -2.04. The van der Waals surface area contributed by atoms with E-state index < -0.39 is 6.29 Å². The summed E-state index contributed by atoms with van der Waals surface area (Å²) in [5, 5.41) is 8.71. The Hall–Kier alpha value is -0.500. The molecule has 40 valence electrons. The number of rotatable bonds is 0. The second-order valence-corrected chi connectivity index (χ2v) is 1.71. The first-order chi connectivity index (χ1) is 3.30. The Balaban J connectivity index is 2.45. The molecule has 0 saturated heterocycles. The van der Waals surface area contributed by atoms with Gasteiger partial charge in [0.25, 0.3) is 0 Å². The fourth-order valence-electron chi connectivity index (χ4n) is 0.469. The van der Waals surface area contributed by atoms with Gasteiger partial charge in [0.05, 0.1) is 6.26 Å². The molecule has 2 nitrogen and oxygen atoms in total. The summed E-state index contributed by atoms with van der Waals surface area (Å²) < 4.78 is 4.64. The molecule has 2 atom stereocenters. The van der Waals surface area contributed by atoms with Crippen molar-refractivity contribution < 1.29 is 9.84 Å². The van der Waals surface area contributed by atoms with Crippen molar-refractivity contribution in [2.24, 2.45) is 5.92 Å². The molecule has 1 N–H and O–H groups in total. The number of aliphatic hydroxyl groups excluding tert-OH is 1. The third-order valence-electron chi connectivity index (χ3n) is 1.05. The predicted molar refractivity (Wildman–Crippen MR) is 25.4 cm³/mol. The van der Waals surface area contributed by atoms with Crippen LogP contribution < -0.4 is 0 Å². The molecule has 2 unspecified atom stereocenters. The van der Waals surface area contributed by atoms with E-state index >= 15 is 0 Å². The topological polar surface area (TPSA) is 29.5 Å². The molecule has 7 heavy (non-hydrogen) atoms. The van der Waals surface area contributed by atoms with Gasteiger partial charge in [-0.3, -0.25) is 0 Å². The molecule has 0 saturated carbocycles. The molecule has 0 aromatic heterocycles. The molecule has 1 aliphatic heterocycles. The minimum absolute atomic E-state index is 0.167. The van der Waals surface area contributed by atoms with Crippen molar-refractivity contribution in [3.05, 3.63) is 12.3 Å². The molecule has 1 heterocycles. The number of aliphatic hydroxyl groups is 1. The highest BCUT2D eigenvalue weighted by Crippen LogP contribution is 2.12. The molecule has 0 aliphatic carbocycles. The van der Waals surface area contributed by atoms with Gasteiger partial charge in [0.2, 0.25) is 6.29 Å². The molecule has 1 rings (SSSR count). The van der Waals surface area contributed by atoms with E-state index in [0.29, 0.717) is 0 Å². The molecular formula is C5H8O2. The standard InChI is InChI=1S/C5H8O2/c1-4-2-3-7-5(4)6/h2-6H,1H3. The fourth-order valence-corrected chi connectivity index (χ4v) is 0.469. The third kappa shape index (κ3) is 0.747. The Bertz CT molecular complexity index is 88.1. The SMILES string of the molecule is CC1C=COC1O. The summed E-state index contributed by atoms with van der Waals surface area (Å²) in [7, 11) is 0. The summed E-state index contributed by atoms with van der Waals surface area (Å²) in [5.74, 6) is 0.167. The maximum Gasteiger partial charge on any atom is 0.202 e. The van der Waals surface area contributed by atoms with Gasteiger partial charge < -0.3 is 9.84 Å². The smallest absolute Gasteiger partial charge is 0.202 e. The molecule has 0 fully saturated rings. The summed E-state index contributed by atoms with van der Waals surface area (Å²) in [5.41, 5.74) is 0. The van der Waals surface area contributed by atoms with E-state index in [1.165, 1.54) is 6.26 Å². The van der Waals surface area contributed by atoms with Crippen LogP contribution in [0, 0.1) is 5.92 Å². The van der Waals surface area contributed by atoms with Crippen molar-refractivity contribution in [3.8, 4) is 0 Å². The molecule has 1 aliphatic rings. The lowest BCUT2D eigenvalue weighted by molar-refractivity contribution is -0.0572. The normalized spacial score (nSPS) is 38.6. The van der Waals surface area contributed by atoms with Gasteiger partial charge >= 0.3 is 0 Å². The van der Waals surface area contributed by atoms with Crippen molar-refractivity contribution in [2.75, 3.05) is 0 Å². The van der Waals surface area contributed by atoms with Gasteiger partial charge in [-0.2, -0.15) is 0 Å². The summed E-state index contributed by atoms with van der Waals surface area (Å²) in [6.45, 7) is 1.90. The average Bonchev–Trinajstić information content (AvgIpc) is 1.91. The van der Waals surface area contributed by atoms with Gasteiger partial charge in [-0.1, -0.05) is 6.92 Å². The quantitative estimate of drug-likeness (QED) is 0.480. The second-order valence-electron chi connectivity index (χ2n) is 1.71. The molecule has 2 heteroatoms. The molecule has 0 amide bonds. The first kappa shape index (κ1) is 4.65. The highest BCUT2D eigenvalue weighted by molar-refractivity contribution is 4.88. The van der Waals surface area contributed by atoms with Crippen LogP contribution in [-0.4, -0.2) is 11.4 Å². The van der Waals surface area contributed by atoms with Crippen molar-refractivity contribution in [1.29, 1.82) is 0 Å². The zero-order chi connectivity index (χ0) is 5.28. The lowest BCUT2D eigenvalue weighted by atomic mass is 10.2. The van der Waals surface area contributed by atoms with Crippen LogP contribution in [0.25, 0.3) is 0 Å². The Kier molecular flexibility index (Phi) is 1.02. The van der Waals surface area contributed by atoms with Crippen LogP contribution in [0.3, 0.4) is 0 Å². The van der Waals surface area contributed by atoms with Crippen LogP contribution in [-0.2, 0) is 4.74 Å². The third-order valence-corrected chi connectivity index (χ3v) is 1.05. The largest absolute Gasteiger partial charge is 0.472 e. The zero-order valence-corrected chi connectivity index (χ0v) is 4.16. The van der Waals surface area contributed by atoms with Gasteiger partial charge in [0, 0.05) is 5.92 Å². The van der Waals surface area contributed by atoms with Crippen molar-refractivity contribution >= 4 is 0 Å². The van der Waals surface area contributed by atoms with Crippen LogP contribution in [0.4, 0.5) is 0 Å². The zero-order valence-electron chi connectivity index (χ0n) is 4.16. The summed E-state index contributed by atoms with van der Waals surface area (Å²) in [6.07, 6.45) is 2.75. The van der Waals surface area contributed by atoms with Crippen LogP contribution >= 0.6 is 0 Å².